The molecule has 5 heteroatoms. The molecule has 0 amide bonds. The van der Waals surface area contributed by atoms with Crippen molar-refractivity contribution in [3.8, 4) is 5.82 Å². The maximum Gasteiger partial charge on any atom is 0.175 e. The van der Waals surface area contributed by atoms with Crippen molar-refractivity contribution in [2.75, 3.05) is 11.4 Å². The number of aromatic nitrogens is 4. The fourth-order valence-electron chi connectivity index (χ4n) is 3.45. The Morgan fingerprint density at radius 2 is 2.00 bits per heavy atom. The van der Waals surface area contributed by atoms with Crippen LogP contribution in [0, 0.1) is 12.8 Å². The lowest BCUT2D eigenvalue weighted by Crippen LogP contribution is -2.35. The van der Waals surface area contributed by atoms with Crippen LogP contribution in [0.15, 0.2) is 24.4 Å². The molecule has 2 unspecified atom stereocenters. The van der Waals surface area contributed by atoms with Gasteiger partial charge in [-0.15, -0.1) is 10.2 Å². The zero-order valence-corrected chi connectivity index (χ0v) is 13.7. The second kappa shape index (κ2) is 6.46. The summed E-state index contributed by atoms with van der Waals surface area (Å²) in [4.78, 5) is 2.44. The first kappa shape index (κ1) is 15.0. The van der Waals surface area contributed by atoms with Crippen LogP contribution in [-0.2, 0) is 0 Å². The molecule has 0 bridgehead atoms. The lowest BCUT2D eigenvalue weighted by Gasteiger charge is -2.30. The van der Waals surface area contributed by atoms with Gasteiger partial charge < -0.3 is 4.90 Å². The molecule has 1 saturated heterocycles. The van der Waals surface area contributed by atoms with Crippen molar-refractivity contribution >= 4 is 5.82 Å². The van der Waals surface area contributed by atoms with Crippen molar-refractivity contribution in [1.29, 1.82) is 0 Å². The zero-order valence-electron chi connectivity index (χ0n) is 13.7. The fourth-order valence-corrected chi connectivity index (χ4v) is 3.45. The van der Waals surface area contributed by atoms with E-state index in [2.05, 4.69) is 40.1 Å². The summed E-state index contributed by atoms with van der Waals surface area (Å²) in [7, 11) is 0. The van der Waals surface area contributed by atoms with E-state index in [9.17, 15) is 0 Å². The van der Waals surface area contributed by atoms with Gasteiger partial charge in [-0.1, -0.05) is 20.3 Å². The van der Waals surface area contributed by atoms with Gasteiger partial charge in [0.15, 0.2) is 11.6 Å². The molecule has 0 aliphatic carbocycles. The molecule has 0 spiro atoms. The minimum absolute atomic E-state index is 0.604. The highest BCUT2D eigenvalue weighted by molar-refractivity contribution is 5.42. The van der Waals surface area contributed by atoms with Gasteiger partial charge in [0.25, 0.3) is 0 Å². The molecule has 3 heterocycles. The molecular formula is C17H25N5. The Bertz CT molecular complexity index is 604. The third-order valence-corrected chi connectivity index (χ3v) is 4.59. The maximum absolute atomic E-state index is 4.45. The first-order valence-electron chi connectivity index (χ1n) is 8.32. The van der Waals surface area contributed by atoms with E-state index in [1.54, 1.807) is 4.68 Å². The molecular weight excluding hydrogens is 274 g/mol. The minimum atomic E-state index is 0.604. The minimum Gasteiger partial charge on any atom is -0.352 e. The molecule has 118 valence electrons. The van der Waals surface area contributed by atoms with Crippen LogP contribution in [-0.4, -0.2) is 32.6 Å². The van der Waals surface area contributed by atoms with Crippen LogP contribution in [0.4, 0.5) is 5.82 Å². The summed E-state index contributed by atoms with van der Waals surface area (Å²) in [6, 6.07) is 6.66. The summed E-state index contributed by atoms with van der Waals surface area (Å²) in [6.07, 6.45) is 6.96. The van der Waals surface area contributed by atoms with Crippen molar-refractivity contribution in [1.82, 2.24) is 20.0 Å². The molecule has 3 rings (SSSR count). The molecule has 0 N–H and O–H groups in total. The quantitative estimate of drug-likeness (QED) is 0.849. The standard InChI is InChI=1S/C17H25N5/c1-4-6-13(2)15-7-5-11-21(15)16-8-9-17(19-18-16)22-12-10-14(3)20-22/h8-10,12-13,15H,4-7,11H2,1-3H3. The van der Waals surface area contributed by atoms with Crippen molar-refractivity contribution < 1.29 is 0 Å². The molecule has 2 aromatic rings. The second-order valence-corrected chi connectivity index (χ2v) is 6.32. The first-order chi connectivity index (χ1) is 10.7. The van der Waals surface area contributed by atoms with E-state index in [4.69, 9.17) is 0 Å². The second-order valence-electron chi connectivity index (χ2n) is 6.32. The monoisotopic (exact) mass is 299 g/mol. The van der Waals surface area contributed by atoms with Crippen LogP contribution >= 0.6 is 0 Å². The van der Waals surface area contributed by atoms with Crippen LogP contribution in [0.3, 0.4) is 0 Å². The molecule has 22 heavy (non-hydrogen) atoms. The smallest absolute Gasteiger partial charge is 0.175 e. The molecule has 1 aliphatic rings. The highest BCUT2D eigenvalue weighted by Crippen LogP contribution is 2.30. The third-order valence-electron chi connectivity index (χ3n) is 4.59. The summed E-state index contributed by atoms with van der Waals surface area (Å²) >= 11 is 0. The van der Waals surface area contributed by atoms with Gasteiger partial charge in [-0.05, 0) is 50.3 Å². The Morgan fingerprint density at radius 1 is 1.23 bits per heavy atom. The number of nitrogens with zero attached hydrogens (tertiary/aromatic N) is 5. The number of hydrogen-bond acceptors (Lipinski definition) is 4. The van der Waals surface area contributed by atoms with E-state index in [-0.39, 0.29) is 0 Å². The van der Waals surface area contributed by atoms with E-state index < -0.39 is 0 Å². The molecule has 0 saturated carbocycles. The Hall–Kier alpha value is -1.91. The molecule has 1 fully saturated rings. The molecule has 1 aliphatic heterocycles. The van der Waals surface area contributed by atoms with Crippen LogP contribution in [0.5, 0.6) is 0 Å². The van der Waals surface area contributed by atoms with Crippen molar-refractivity contribution in [3.05, 3.63) is 30.1 Å². The number of aryl methyl sites for hydroxylation is 1. The highest BCUT2D eigenvalue weighted by Gasteiger charge is 2.29. The Kier molecular flexibility index (Phi) is 4.41. The number of anilines is 1. The number of hydrogen-bond donors (Lipinski definition) is 0. The van der Waals surface area contributed by atoms with E-state index in [0.717, 1.165) is 23.9 Å². The van der Waals surface area contributed by atoms with E-state index in [1.807, 2.05) is 25.3 Å². The normalized spacial score (nSPS) is 19.6. The average molecular weight is 299 g/mol. The van der Waals surface area contributed by atoms with Gasteiger partial charge in [0.2, 0.25) is 0 Å². The van der Waals surface area contributed by atoms with Crippen molar-refractivity contribution in [2.24, 2.45) is 5.92 Å². The van der Waals surface area contributed by atoms with Crippen molar-refractivity contribution in [3.63, 3.8) is 0 Å². The lowest BCUT2D eigenvalue weighted by atomic mass is 9.95. The molecule has 2 atom stereocenters. The Labute approximate surface area is 132 Å². The van der Waals surface area contributed by atoms with Crippen LogP contribution in [0.2, 0.25) is 0 Å². The fraction of sp³-hybridized carbons (Fsp3) is 0.588. The molecule has 0 aromatic carbocycles. The predicted molar refractivity (Wildman–Crippen MR) is 88.3 cm³/mol. The van der Waals surface area contributed by atoms with Crippen molar-refractivity contribution in [2.45, 2.75) is 52.5 Å². The van der Waals surface area contributed by atoms with E-state index in [1.165, 1.54) is 25.7 Å². The third kappa shape index (κ3) is 2.98. The maximum atomic E-state index is 4.45. The van der Waals surface area contributed by atoms with Gasteiger partial charge in [0.1, 0.15) is 0 Å². The SMILES string of the molecule is CCCC(C)C1CCCN1c1ccc(-n2ccc(C)n2)nn1. The predicted octanol–water partition coefficient (Wildman–Crippen LogP) is 3.38. The topological polar surface area (TPSA) is 46.8 Å². The van der Waals surface area contributed by atoms with Gasteiger partial charge in [-0.3, -0.25) is 0 Å². The largest absolute Gasteiger partial charge is 0.352 e. The summed E-state index contributed by atoms with van der Waals surface area (Å²) in [5, 5.41) is 13.2. The van der Waals surface area contributed by atoms with Gasteiger partial charge in [0.05, 0.1) is 5.69 Å². The van der Waals surface area contributed by atoms with Gasteiger partial charge in [0, 0.05) is 18.8 Å². The van der Waals surface area contributed by atoms with Gasteiger partial charge >= 0.3 is 0 Å². The lowest BCUT2D eigenvalue weighted by molar-refractivity contribution is 0.419. The first-order valence-corrected chi connectivity index (χ1v) is 8.32. The van der Waals surface area contributed by atoms with E-state index in [0.29, 0.717) is 12.0 Å². The van der Waals surface area contributed by atoms with Gasteiger partial charge in [-0.2, -0.15) is 5.10 Å². The van der Waals surface area contributed by atoms with Gasteiger partial charge in [-0.25, -0.2) is 4.68 Å². The Morgan fingerprint density at radius 3 is 2.64 bits per heavy atom. The number of rotatable bonds is 5. The summed E-state index contributed by atoms with van der Waals surface area (Å²) in [5.74, 6) is 2.48. The summed E-state index contributed by atoms with van der Waals surface area (Å²) in [5.41, 5.74) is 0.985. The highest BCUT2D eigenvalue weighted by atomic mass is 15.4. The summed E-state index contributed by atoms with van der Waals surface area (Å²) < 4.78 is 1.77. The Balaban J connectivity index is 1.77. The molecule has 2 aromatic heterocycles. The van der Waals surface area contributed by atoms with Crippen LogP contribution in [0.1, 0.15) is 45.2 Å². The van der Waals surface area contributed by atoms with Crippen LogP contribution < -0.4 is 4.90 Å². The van der Waals surface area contributed by atoms with Crippen LogP contribution in [0.25, 0.3) is 5.82 Å². The molecule has 0 radical (unpaired) electrons. The average Bonchev–Trinajstić information content (AvgIpc) is 3.16. The van der Waals surface area contributed by atoms with E-state index >= 15 is 0 Å². The summed E-state index contributed by atoms with van der Waals surface area (Å²) in [6.45, 7) is 7.69. The zero-order chi connectivity index (χ0) is 15.5. The molecule has 5 nitrogen and oxygen atoms in total.